The van der Waals surface area contributed by atoms with Crippen molar-refractivity contribution in [2.24, 2.45) is 0 Å². The lowest BCUT2D eigenvalue weighted by Crippen LogP contribution is -2.30. The smallest absolute Gasteiger partial charge is 0.243 e. The average Bonchev–Trinajstić information content (AvgIpc) is 2.69. The third-order valence-electron chi connectivity index (χ3n) is 3.07. The van der Waals surface area contributed by atoms with Crippen molar-refractivity contribution in [3.05, 3.63) is 23.8 Å². The summed E-state index contributed by atoms with van der Waals surface area (Å²) in [6.07, 6.45) is -0.0771. The van der Waals surface area contributed by atoms with E-state index < -0.39 is 16.1 Å². The largest absolute Gasteiger partial charge is 0.398 e. The van der Waals surface area contributed by atoms with E-state index >= 15 is 0 Å². The van der Waals surface area contributed by atoms with Crippen LogP contribution in [0.3, 0.4) is 0 Å². The average molecular weight is 256 g/mol. The van der Waals surface area contributed by atoms with Gasteiger partial charge in [-0.25, -0.2) is 8.42 Å². The lowest BCUT2D eigenvalue weighted by atomic mass is 10.2. The van der Waals surface area contributed by atoms with E-state index in [9.17, 15) is 13.5 Å². The maximum absolute atomic E-state index is 12.3. The zero-order valence-corrected chi connectivity index (χ0v) is 10.4. The first-order valence-corrected chi connectivity index (χ1v) is 6.90. The number of rotatable bonds is 2. The molecule has 0 saturated carbocycles. The highest BCUT2D eigenvalue weighted by Gasteiger charge is 2.32. The van der Waals surface area contributed by atoms with Crippen molar-refractivity contribution < 1.29 is 13.5 Å². The summed E-state index contributed by atoms with van der Waals surface area (Å²) >= 11 is 0. The van der Waals surface area contributed by atoms with Crippen LogP contribution in [-0.2, 0) is 10.0 Å². The molecule has 0 radical (unpaired) electrons. The molecule has 2 rings (SSSR count). The molecule has 1 heterocycles. The molecule has 1 atom stereocenters. The molecule has 1 aliphatic rings. The maximum atomic E-state index is 12.3. The first-order valence-electron chi connectivity index (χ1n) is 5.46. The summed E-state index contributed by atoms with van der Waals surface area (Å²) in [6.45, 7) is 2.21. The van der Waals surface area contributed by atoms with Crippen LogP contribution < -0.4 is 5.73 Å². The van der Waals surface area contributed by atoms with Gasteiger partial charge in [-0.15, -0.1) is 0 Å². The lowest BCUT2D eigenvalue weighted by Gasteiger charge is -2.17. The third-order valence-corrected chi connectivity index (χ3v) is 5.08. The van der Waals surface area contributed by atoms with Crippen molar-refractivity contribution >= 4 is 15.7 Å². The molecule has 1 aromatic rings. The molecule has 17 heavy (non-hydrogen) atoms. The highest BCUT2D eigenvalue weighted by atomic mass is 32.2. The van der Waals surface area contributed by atoms with E-state index in [1.54, 1.807) is 25.1 Å². The highest BCUT2D eigenvalue weighted by molar-refractivity contribution is 7.89. The highest BCUT2D eigenvalue weighted by Crippen LogP contribution is 2.26. The van der Waals surface area contributed by atoms with Crippen molar-refractivity contribution in [1.82, 2.24) is 4.31 Å². The molecule has 94 valence electrons. The number of hydrogen-bond acceptors (Lipinski definition) is 4. The molecule has 1 aliphatic heterocycles. The topological polar surface area (TPSA) is 83.6 Å². The second kappa shape index (κ2) is 4.29. The first-order chi connectivity index (χ1) is 7.93. The number of anilines is 1. The summed E-state index contributed by atoms with van der Waals surface area (Å²) in [4.78, 5) is 0.228. The maximum Gasteiger partial charge on any atom is 0.243 e. The number of sulfonamides is 1. The fourth-order valence-electron chi connectivity index (χ4n) is 1.98. The van der Waals surface area contributed by atoms with Crippen molar-refractivity contribution in [3.63, 3.8) is 0 Å². The SMILES string of the molecule is Cc1c(N)cccc1S(=O)(=O)N1CC[C@@H](O)C1. The van der Waals surface area contributed by atoms with Gasteiger partial charge in [-0.05, 0) is 31.0 Å². The van der Waals surface area contributed by atoms with Crippen molar-refractivity contribution in [1.29, 1.82) is 0 Å². The first kappa shape index (κ1) is 12.3. The number of nitrogens with two attached hydrogens (primary N) is 1. The van der Waals surface area contributed by atoms with Gasteiger partial charge in [0.25, 0.3) is 0 Å². The Hall–Kier alpha value is -1.11. The standard InChI is InChI=1S/C11H16N2O3S/c1-8-10(12)3-2-4-11(8)17(15,16)13-6-5-9(14)7-13/h2-4,9,14H,5-7,12H2,1H3/t9-/m1/s1. The normalized spacial score (nSPS) is 21.9. The van der Waals surface area contributed by atoms with Gasteiger partial charge in [0.1, 0.15) is 0 Å². The van der Waals surface area contributed by atoms with Crippen molar-refractivity contribution in [3.8, 4) is 0 Å². The Balaban J connectivity index is 2.42. The van der Waals surface area contributed by atoms with Crippen LogP contribution >= 0.6 is 0 Å². The minimum atomic E-state index is -3.53. The molecule has 0 unspecified atom stereocenters. The summed E-state index contributed by atoms with van der Waals surface area (Å²) in [7, 11) is -3.53. The Morgan fingerprint density at radius 2 is 2.18 bits per heavy atom. The minimum Gasteiger partial charge on any atom is -0.398 e. The van der Waals surface area contributed by atoms with Crippen molar-refractivity contribution in [2.75, 3.05) is 18.8 Å². The molecule has 1 fully saturated rings. The quantitative estimate of drug-likeness (QED) is 0.747. The molecule has 1 saturated heterocycles. The van der Waals surface area contributed by atoms with Gasteiger partial charge >= 0.3 is 0 Å². The van der Waals surface area contributed by atoms with Crippen LogP contribution in [0.4, 0.5) is 5.69 Å². The molecule has 0 spiro atoms. The second-order valence-corrected chi connectivity index (χ2v) is 6.18. The third kappa shape index (κ3) is 2.15. The van der Waals surface area contributed by atoms with Gasteiger partial charge in [0.2, 0.25) is 10.0 Å². The van der Waals surface area contributed by atoms with Gasteiger partial charge in [0, 0.05) is 18.8 Å². The molecular formula is C11H16N2O3S. The Morgan fingerprint density at radius 1 is 1.47 bits per heavy atom. The Morgan fingerprint density at radius 3 is 2.76 bits per heavy atom. The van der Waals surface area contributed by atoms with E-state index in [0.29, 0.717) is 24.2 Å². The molecule has 1 aromatic carbocycles. The van der Waals surface area contributed by atoms with Gasteiger partial charge in [0.05, 0.1) is 11.0 Å². The van der Waals surface area contributed by atoms with Gasteiger partial charge in [-0.3, -0.25) is 0 Å². The molecule has 6 heteroatoms. The molecule has 0 aliphatic carbocycles. The van der Waals surface area contributed by atoms with Crippen LogP contribution in [0.1, 0.15) is 12.0 Å². The molecule has 0 amide bonds. The van der Waals surface area contributed by atoms with E-state index in [0.717, 1.165) is 0 Å². The van der Waals surface area contributed by atoms with Crippen LogP contribution in [0.2, 0.25) is 0 Å². The van der Waals surface area contributed by atoms with Crippen LogP contribution in [0.15, 0.2) is 23.1 Å². The number of nitrogen functional groups attached to an aromatic ring is 1. The van der Waals surface area contributed by atoms with Gasteiger partial charge in [-0.2, -0.15) is 4.31 Å². The number of nitrogens with zero attached hydrogens (tertiary/aromatic N) is 1. The summed E-state index contributed by atoms with van der Waals surface area (Å²) < 4.78 is 25.9. The van der Waals surface area contributed by atoms with Gasteiger partial charge < -0.3 is 10.8 Å². The summed E-state index contributed by atoms with van der Waals surface area (Å²) in [6, 6.07) is 4.85. The zero-order valence-electron chi connectivity index (χ0n) is 9.63. The number of aliphatic hydroxyl groups is 1. The predicted octanol–water partition coefficient (Wildman–Crippen LogP) is 0.333. The number of aliphatic hydroxyl groups excluding tert-OH is 1. The van der Waals surface area contributed by atoms with E-state index in [1.807, 2.05) is 0 Å². The van der Waals surface area contributed by atoms with E-state index in [-0.39, 0.29) is 11.4 Å². The lowest BCUT2D eigenvalue weighted by molar-refractivity contribution is 0.189. The Labute approximate surface area is 101 Å². The van der Waals surface area contributed by atoms with E-state index in [1.165, 1.54) is 4.31 Å². The second-order valence-electron chi connectivity index (χ2n) is 4.28. The monoisotopic (exact) mass is 256 g/mol. The summed E-state index contributed by atoms with van der Waals surface area (Å²) in [5.74, 6) is 0. The Kier molecular flexibility index (Phi) is 3.11. The van der Waals surface area contributed by atoms with E-state index in [4.69, 9.17) is 5.73 Å². The van der Waals surface area contributed by atoms with Crippen LogP contribution in [0.5, 0.6) is 0 Å². The Bertz CT molecular complexity index is 528. The zero-order chi connectivity index (χ0) is 12.6. The summed E-state index contributed by atoms with van der Waals surface area (Å²) in [5.41, 5.74) is 6.74. The van der Waals surface area contributed by atoms with Gasteiger partial charge in [-0.1, -0.05) is 6.07 Å². The number of benzene rings is 1. The molecule has 3 N–H and O–H groups in total. The van der Waals surface area contributed by atoms with E-state index in [2.05, 4.69) is 0 Å². The van der Waals surface area contributed by atoms with Crippen LogP contribution in [-0.4, -0.2) is 37.0 Å². The summed E-state index contributed by atoms with van der Waals surface area (Å²) in [5, 5.41) is 9.40. The minimum absolute atomic E-state index is 0.163. The molecule has 0 aromatic heterocycles. The van der Waals surface area contributed by atoms with Gasteiger partial charge in [0.15, 0.2) is 0 Å². The molecular weight excluding hydrogens is 240 g/mol. The van der Waals surface area contributed by atoms with Crippen LogP contribution in [0, 0.1) is 6.92 Å². The fourth-order valence-corrected chi connectivity index (χ4v) is 3.73. The molecule has 5 nitrogen and oxygen atoms in total. The predicted molar refractivity (Wildman–Crippen MR) is 65.0 cm³/mol. The number of β-amino-alcohol motifs (C(OH)–C–C–N with tert-alkyl or cyclic N) is 1. The van der Waals surface area contributed by atoms with Crippen molar-refractivity contribution in [2.45, 2.75) is 24.3 Å². The molecule has 0 bridgehead atoms. The number of hydrogen-bond donors (Lipinski definition) is 2. The fraction of sp³-hybridized carbons (Fsp3) is 0.455. The van der Waals surface area contributed by atoms with Crippen LogP contribution in [0.25, 0.3) is 0 Å².